The Morgan fingerprint density at radius 3 is 2.70 bits per heavy atom. The number of hydrogen-bond acceptors (Lipinski definition) is 3. The average Bonchev–Trinajstić information content (AvgIpc) is 2.46. The summed E-state index contributed by atoms with van der Waals surface area (Å²) in [5.74, 6) is 0.227. The lowest BCUT2D eigenvalue weighted by atomic mass is 10.1. The van der Waals surface area contributed by atoms with Gasteiger partial charge in [-0.25, -0.2) is 4.39 Å². The molecule has 4 heteroatoms. The highest BCUT2D eigenvalue weighted by atomic mass is 19.1. The lowest BCUT2D eigenvalue weighted by molar-refractivity contribution is 0.306. The quantitative estimate of drug-likeness (QED) is 0.855. The van der Waals surface area contributed by atoms with E-state index in [1.807, 2.05) is 49.3 Å². The Balaban J connectivity index is 2.09. The second kappa shape index (κ2) is 6.07. The van der Waals surface area contributed by atoms with Crippen LogP contribution in [-0.4, -0.2) is 14.1 Å². The maximum Gasteiger partial charge on any atom is 0.140 e. The van der Waals surface area contributed by atoms with Crippen LogP contribution in [0.4, 0.5) is 10.1 Å². The molecule has 0 saturated carbocycles. The molecule has 0 amide bonds. The van der Waals surface area contributed by atoms with Crippen molar-refractivity contribution in [1.82, 2.24) is 0 Å². The molecule has 2 rings (SSSR count). The molecule has 0 unspecified atom stereocenters. The fraction of sp³-hybridized carbons (Fsp3) is 0.188. The molecule has 2 aromatic rings. The van der Waals surface area contributed by atoms with Crippen molar-refractivity contribution in [2.45, 2.75) is 6.61 Å². The molecule has 0 aliphatic rings. The normalized spacial score (nSPS) is 9.90. The first kappa shape index (κ1) is 13.9. The van der Waals surface area contributed by atoms with Crippen molar-refractivity contribution in [2.75, 3.05) is 19.0 Å². The van der Waals surface area contributed by atoms with Crippen molar-refractivity contribution in [3.63, 3.8) is 0 Å². The van der Waals surface area contributed by atoms with E-state index < -0.39 is 5.82 Å². The van der Waals surface area contributed by atoms with E-state index in [-0.39, 0.29) is 5.56 Å². The molecule has 0 saturated heterocycles. The van der Waals surface area contributed by atoms with Gasteiger partial charge in [0.1, 0.15) is 24.2 Å². The van der Waals surface area contributed by atoms with E-state index in [4.69, 9.17) is 10.00 Å². The van der Waals surface area contributed by atoms with Crippen molar-refractivity contribution >= 4 is 5.69 Å². The molecule has 102 valence electrons. The van der Waals surface area contributed by atoms with E-state index in [2.05, 4.69) is 0 Å². The summed E-state index contributed by atoms with van der Waals surface area (Å²) in [5.41, 5.74) is 1.84. The van der Waals surface area contributed by atoms with Gasteiger partial charge in [0, 0.05) is 25.8 Å². The molecular weight excluding hydrogens is 255 g/mol. The molecule has 0 spiro atoms. The number of ether oxygens (including phenoxy) is 1. The number of rotatable bonds is 4. The molecule has 0 aromatic heterocycles. The van der Waals surface area contributed by atoms with Gasteiger partial charge in [0.05, 0.1) is 5.56 Å². The minimum Gasteiger partial charge on any atom is -0.489 e. The topological polar surface area (TPSA) is 36.3 Å². The molecule has 0 atom stereocenters. The van der Waals surface area contributed by atoms with E-state index in [0.29, 0.717) is 6.61 Å². The molecule has 0 radical (unpaired) electrons. The Labute approximate surface area is 117 Å². The SMILES string of the molecule is CN(C)c1cccc(OCc2ccc(F)c(C#N)c2)c1. The van der Waals surface area contributed by atoms with E-state index in [9.17, 15) is 4.39 Å². The monoisotopic (exact) mass is 270 g/mol. The number of anilines is 1. The third kappa shape index (κ3) is 3.27. The van der Waals surface area contributed by atoms with Crippen LogP contribution in [-0.2, 0) is 6.61 Å². The Morgan fingerprint density at radius 1 is 1.20 bits per heavy atom. The summed E-state index contributed by atoms with van der Waals surface area (Å²) in [6.07, 6.45) is 0. The van der Waals surface area contributed by atoms with Crippen LogP contribution >= 0.6 is 0 Å². The summed E-state index contributed by atoms with van der Waals surface area (Å²) >= 11 is 0. The van der Waals surface area contributed by atoms with Crippen LogP contribution in [0, 0.1) is 17.1 Å². The van der Waals surface area contributed by atoms with Crippen LogP contribution in [0.2, 0.25) is 0 Å². The first-order valence-corrected chi connectivity index (χ1v) is 6.19. The highest BCUT2D eigenvalue weighted by molar-refractivity contribution is 5.49. The third-order valence-corrected chi connectivity index (χ3v) is 2.89. The van der Waals surface area contributed by atoms with Crippen LogP contribution in [0.15, 0.2) is 42.5 Å². The van der Waals surface area contributed by atoms with Gasteiger partial charge >= 0.3 is 0 Å². The first-order valence-electron chi connectivity index (χ1n) is 6.19. The van der Waals surface area contributed by atoms with Gasteiger partial charge in [-0.2, -0.15) is 5.26 Å². The predicted molar refractivity (Wildman–Crippen MR) is 76.2 cm³/mol. The number of nitrogens with zero attached hydrogens (tertiary/aromatic N) is 2. The molecule has 0 heterocycles. The summed E-state index contributed by atoms with van der Waals surface area (Å²) in [4.78, 5) is 1.98. The molecular formula is C16H15FN2O. The Kier molecular flexibility index (Phi) is 4.21. The van der Waals surface area contributed by atoms with E-state index in [1.165, 1.54) is 12.1 Å². The second-order valence-electron chi connectivity index (χ2n) is 4.61. The largest absolute Gasteiger partial charge is 0.489 e. The number of halogens is 1. The fourth-order valence-corrected chi connectivity index (χ4v) is 1.77. The van der Waals surface area contributed by atoms with Gasteiger partial charge in [-0.15, -0.1) is 0 Å². The summed E-state index contributed by atoms with van der Waals surface area (Å²) in [6.45, 7) is 0.297. The van der Waals surface area contributed by atoms with Gasteiger partial charge in [-0.3, -0.25) is 0 Å². The third-order valence-electron chi connectivity index (χ3n) is 2.89. The molecule has 0 bridgehead atoms. The van der Waals surface area contributed by atoms with E-state index >= 15 is 0 Å². The van der Waals surface area contributed by atoms with Crippen molar-refractivity contribution < 1.29 is 9.13 Å². The fourth-order valence-electron chi connectivity index (χ4n) is 1.77. The number of hydrogen-bond donors (Lipinski definition) is 0. The van der Waals surface area contributed by atoms with Crippen molar-refractivity contribution in [1.29, 1.82) is 5.26 Å². The molecule has 2 aromatic carbocycles. The summed E-state index contributed by atoms with van der Waals surface area (Å²) < 4.78 is 18.9. The number of nitriles is 1. The zero-order valence-electron chi connectivity index (χ0n) is 11.4. The van der Waals surface area contributed by atoms with Crippen molar-refractivity contribution in [3.8, 4) is 11.8 Å². The van der Waals surface area contributed by atoms with Crippen LogP contribution in [0.5, 0.6) is 5.75 Å². The zero-order valence-corrected chi connectivity index (χ0v) is 11.4. The molecule has 0 fully saturated rings. The Morgan fingerprint density at radius 2 is 2.00 bits per heavy atom. The van der Waals surface area contributed by atoms with Crippen LogP contribution < -0.4 is 9.64 Å². The number of benzene rings is 2. The Hall–Kier alpha value is -2.54. The molecule has 0 aliphatic heterocycles. The van der Waals surface area contributed by atoms with Gasteiger partial charge in [0.25, 0.3) is 0 Å². The summed E-state index contributed by atoms with van der Waals surface area (Å²) in [5, 5.41) is 8.79. The summed E-state index contributed by atoms with van der Waals surface area (Å²) in [7, 11) is 3.91. The lowest BCUT2D eigenvalue weighted by Crippen LogP contribution is -2.08. The van der Waals surface area contributed by atoms with Crippen molar-refractivity contribution in [3.05, 3.63) is 59.4 Å². The summed E-state index contributed by atoms with van der Waals surface area (Å²) in [6, 6.07) is 13.9. The van der Waals surface area contributed by atoms with E-state index in [0.717, 1.165) is 17.0 Å². The highest BCUT2D eigenvalue weighted by Gasteiger charge is 2.04. The van der Waals surface area contributed by atoms with Gasteiger partial charge in [0.15, 0.2) is 0 Å². The average molecular weight is 270 g/mol. The standard InChI is InChI=1S/C16H15FN2O/c1-19(2)14-4-3-5-15(9-14)20-11-12-6-7-16(17)13(8-12)10-18/h3-9H,11H2,1-2H3. The molecule has 0 N–H and O–H groups in total. The van der Waals surface area contributed by atoms with Crippen LogP contribution in [0.3, 0.4) is 0 Å². The molecule has 3 nitrogen and oxygen atoms in total. The molecule has 20 heavy (non-hydrogen) atoms. The van der Waals surface area contributed by atoms with Crippen molar-refractivity contribution in [2.24, 2.45) is 0 Å². The minimum atomic E-state index is -0.508. The lowest BCUT2D eigenvalue weighted by Gasteiger charge is -2.14. The smallest absolute Gasteiger partial charge is 0.140 e. The first-order chi connectivity index (χ1) is 9.60. The second-order valence-corrected chi connectivity index (χ2v) is 4.61. The molecule has 0 aliphatic carbocycles. The van der Waals surface area contributed by atoms with Crippen LogP contribution in [0.1, 0.15) is 11.1 Å². The zero-order chi connectivity index (χ0) is 14.5. The van der Waals surface area contributed by atoms with Gasteiger partial charge in [-0.05, 0) is 29.8 Å². The minimum absolute atomic E-state index is 0.0353. The van der Waals surface area contributed by atoms with Gasteiger partial charge < -0.3 is 9.64 Å². The predicted octanol–water partition coefficient (Wildman–Crippen LogP) is 3.34. The van der Waals surface area contributed by atoms with E-state index in [1.54, 1.807) is 6.07 Å². The Bertz CT molecular complexity index is 647. The maximum atomic E-state index is 13.2. The maximum absolute atomic E-state index is 13.2. The van der Waals surface area contributed by atoms with Crippen LogP contribution in [0.25, 0.3) is 0 Å². The van der Waals surface area contributed by atoms with Gasteiger partial charge in [-0.1, -0.05) is 12.1 Å². The highest BCUT2D eigenvalue weighted by Crippen LogP contribution is 2.20. The van der Waals surface area contributed by atoms with Gasteiger partial charge in [0.2, 0.25) is 0 Å².